The first-order valence-corrected chi connectivity index (χ1v) is 15.3. The van der Waals surface area contributed by atoms with Crippen LogP contribution in [0.5, 0.6) is 0 Å². The van der Waals surface area contributed by atoms with Crippen LogP contribution in [0.15, 0.2) is 0 Å². The average Bonchev–Trinajstić information content (AvgIpc) is 2.74. The minimum Gasteiger partial charge on any atom is -0.466 e. The Morgan fingerprint density at radius 1 is 0.533 bits per heavy atom. The summed E-state index contributed by atoms with van der Waals surface area (Å²) in [5.41, 5.74) is 0. The van der Waals surface area contributed by atoms with Crippen molar-refractivity contribution in [3.05, 3.63) is 0 Å². The Bertz CT molecular complexity index is 346. The molecular weight excluding hydrogens is 388 g/mol. The standard InChI is InChI=1S/C27H55O2S/c1-4-7-9-10-11-12-13-14-15-16-17-18-19-21-25-30(24-8-5-2)26-22-20-23-27(28)29-6-3/h4-26H2,1-3H3/q+1. The van der Waals surface area contributed by atoms with Crippen molar-refractivity contribution in [1.82, 2.24) is 0 Å². The van der Waals surface area contributed by atoms with E-state index in [0.29, 0.717) is 23.9 Å². The maximum Gasteiger partial charge on any atom is 0.305 e. The van der Waals surface area contributed by atoms with Crippen LogP contribution in [0.25, 0.3) is 0 Å². The van der Waals surface area contributed by atoms with Gasteiger partial charge in [-0.25, -0.2) is 0 Å². The Labute approximate surface area is 193 Å². The van der Waals surface area contributed by atoms with Gasteiger partial charge in [0.1, 0.15) is 17.3 Å². The molecule has 0 amide bonds. The minimum atomic E-state index is -0.0158. The van der Waals surface area contributed by atoms with E-state index >= 15 is 0 Å². The van der Waals surface area contributed by atoms with Gasteiger partial charge in [0, 0.05) is 6.42 Å². The summed E-state index contributed by atoms with van der Waals surface area (Å²) in [7, 11) is 0.589. The second-order valence-corrected chi connectivity index (χ2v) is 11.4. The number of esters is 1. The molecule has 180 valence electrons. The minimum absolute atomic E-state index is 0.0158. The third-order valence-electron chi connectivity index (χ3n) is 5.94. The molecule has 0 aromatic carbocycles. The molecule has 0 aromatic heterocycles. The molecule has 0 spiro atoms. The van der Waals surface area contributed by atoms with Gasteiger partial charge in [0.25, 0.3) is 0 Å². The third-order valence-corrected chi connectivity index (χ3v) is 8.54. The lowest BCUT2D eigenvalue weighted by molar-refractivity contribution is -0.143. The number of ether oxygens (including phenoxy) is 1. The van der Waals surface area contributed by atoms with Crippen molar-refractivity contribution >= 4 is 16.9 Å². The van der Waals surface area contributed by atoms with E-state index in [1.165, 1.54) is 126 Å². The van der Waals surface area contributed by atoms with Crippen molar-refractivity contribution in [2.45, 2.75) is 143 Å². The van der Waals surface area contributed by atoms with Gasteiger partial charge in [0.15, 0.2) is 0 Å². The van der Waals surface area contributed by atoms with Gasteiger partial charge >= 0.3 is 5.97 Å². The first kappa shape index (κ1) is 29.8. The molecule has 0 N–H and O–H groups in total. The summed E-state index contributed by atoms with van der Waals surface area (Å²) in [4.78, 5) is 11.5. The maximum absolute atomic E-state index is 11.5. The molecular formula is C27H55O2S+. The lowest BCUT2D eigenvalue weighted by Gasteiger charge is -2.09. The van der Waals surface area contributed by atoms with E-state index in [1.807, 2.05) is 6.92 Å². The van der Waals surface area contributed by atoms with Crippen LogP contribution in [0, 0.1) is 0 Å². The van der Waals surface area contributed by atoms with Crippen LogP contribution in [-0.2, 0) is 20.4 Å². The quantitative estimate of drug-likeness (QED) is 0.0847. The molecule has 0 heterocycles. The zero-order valence-electron chi connectivity index (χ0n) is 21.0. The molecule has 30 heavy (non-hydrogen) atoms. The van der Waals surface area contributed by atoms with Gasteiger partial charge in [-0.15, -0.1) is 0 Å². The van der Waals surface area contributed by atoms with Gasteiger partial charge in [0.05, 0.1) is 6.61 Å². The van der Waals surface area contributed by atoms with E-state index in [4.69, 9.17) is 4.74 Å². The molecule has 0 radical (unpaired) electrons. The van der Waals surface area contributed by atoms with E-state index in [9.17, 15) is 4.79 Å². The van der Waals surface area contributed by atoms with Gasteiger partial charge in [-0.05, 0) is 49.9 Å². The molecule has 0 aromatic rings. The summed E-state index contributed by atoms with van der Waals surface area (Å²) in [6.45, 7) is 6.99. The van der Waals surface area contributed by atoms with Crippen LogP contribution in [0.4, 0.5) is 0 Å². The van der Waals surface area contributed by atoms with Crippen molar-refractivity contribution in [2.24, 2.45) is 0 Å². The molecule has 1 unspecified atom stereocenters. The Kier molecular flexibility index (Phi) is 24.9. The van der Waals surface area contributed by atoms with Gasteiger partial charge in [-0.3, -0.25) is 4.79 Å². The molecule has 0 aliphatic carbocycles. The Morgan fingerprint density at radius 3 is 1.40 bits per heavy atom. The highest BCUT2D eigenvalue weighted by molar-refractivity contribution is 7.96. The topological polar surface area (TPSA) is 26.3 Å². The highest BCUT2D eigenvalue weighted by atomic mass is 32.2. The fraction of sp³-hybridized carbons (Fsp3) is 0.963. The monoisotopic (exact) mass is 443 g/mol. The van der Waals surface area contributed by atoms with Crippen LogP contribution in [0.1, 0.15) is 143 Å². The molecule has 0 bridgehead atoms. The zero-order chi connectivity index (χ0) is 22.1. The van der Waals surface area contributed by atoms with Crippen molar-refractivity contribution in [3.63, 3.8) is 0 Å². The van der Waals surface area contributed by atoms with Crippen molar-refractivity contribution in [3.8, 4) is 0 Å². The first-order chi connectivity index (χ1) is 14.7. The Balaban J connectivity index is 3.52. The summed E-state index contributed by atoms with van der Waals surface area (Å²) in [5.74, 6) is 4.15. The lowest BCUT2D eigenvalue weighted by Crippen LogP contribution is -2.17. The highest BCUT2D eigenvalue weighted by Gasteiger charge is 2.16. The Hall–Kier alpha value is -0.180. The van der Waals surface area contributed by atoms with Crippen LogP contribution in [0.2, 0.25) is 0 Å². The highest BCUT2D eigenvalue weighted by Crippen LogP contribution is 2.15. The fourth-order valence-corrected chi connectivity index (χ4v) is 6.50. The van der Waals surface area contributed by atoms with Gasteiger partial charge < -0.3 is 4.74 Å². The first-order valence-electron chi connectivity index (χ1n) is 13.5. The van der Waals surface area contributed by atoms with Crippen LogP contribution in [0.3, 0.4) is 0 Å². The normalized spacial score (nSPS) is 12.2. The summed E-state index contributed by atoms with van der Waals surface area (Å²) < 4.78 is 5.03. The second-order valence-electron chi connectivity index (χ2n) is 8.94. The Morgan fingerprint density at radius 2 is 0.933 bits per heavy atom. The number of carbonyl (C=O) groups is 1. The summed E-state index contributed by atoms with van der Waals surface area (Å²) in [6.07, 6.45) is 25.7. The fourth-order valence-electron chi connectivity index (χ4n) is 3.96. The van der Waals surface area contributed by atoms with Crippen LogP contribution < -0.4 is 0 Å². The van der Waals surface area contributed by atoms with Gasteiger partial charge in [-0.2, -0.15) is 0 Å². The lowest BCUT2D eigenvalue weighted by atomic mass is 10.0. The summed E-state index contributed by atoms with van der Waals surface area (Å²) >= 11 is 0. The molecule has 0 rings (SSSR count). The molecule has 1 atom stereocenters. The van der Waals surface area contributed by atoms with Crippen molar-refractivity contribution in [1.29, 1.82) is 0 Å². The summed E-state index contributed by atoms with van der Waals surface area (Å²) in [6, 6.07) is 0. The molecule has 0 fully saturated rings. The predicted octanol–water partition coefficient (Wildman–Crippen LogP) is 8.62. The second kappa shape index (κ2) is 25.1. The number of hydrogen-bond donors (Lipinski definition) is 0. The summed E-state index contributed by atoms with van der Waals surface area (Å²) in [5, 5.41) is 0. The smallest absolute Gasteiger partial charge is 0.305 e. The molecule has 0 aliphatic heterocycles. The predicted molar refractivity (Wildman–Crippen MR) is 138 cm³/mol. The molecule has 0 saturated carbocycles. The van der Waals surface area contributed by atoms with E-state index < -0.39 is 0 Å². The number of hydrogen-bond acceptors (Lipinski definition) is 2. The van der Waals surface area contributed by atoms with Crippen molar-refractivity contribution in [2.75, 3.05) is 23.9 Å². The van der Waals surface area contributed by atoms with E-state index in [-0.39, 0.29) is 5.97 Å². The maximum atomic E-state index is 11.5. The number of unbranched alkanes of at least 4 members (excludes halogenated alkanes) is 15. The van der Waals surface area contributed by atoms with Crippen LogP contribution >= 0.6 is 0 Å². The van der Waals surface area contributed by atoms with Crippen LogP contribution in [-0.4, -0.2) is 29.8 Å². The third kappa shape index (κ3) is 22.5. The van der Waals surface area contributed by atoms with Gasteiger partial charge in [-0.1, -0.05) is 97.3 Å². The van der Waals surface area contributed by atoms with Gasteiger partial charge in [0.2, 0.25) is 0 Å². The van der Waals surface area contributed by atoms with E-state index in [1.54, 1.807) is 0 Å². The average molecular weight is 444 g/mol. The molecule has 2 nitrogen and oxygen atoms in total. The van der Waals surface area contributed by atoms with E-state index in [0.717, 1.165) is 6.42 Å². The molecule has 3 heteroatoms. The van der Waals surface area contributed by atoms with Crippen molar-refractivity contribution < 1.29 is 9.53 Å². The number of carbonyl (C=O) groups excluding carboxylic acids is 1. The van der Waals surface area contributed by atoms with E-state index in [2.05, 4.69) is 13.8 Å². The number of rotatable bonds is 24. The molecule has 0 saturated heterocycles. The zero-order valence-corrected chi connectivity index (χ0v) is 21.8. The largest absolute Gasteiger partial charge is 0.466 e. The molecule has 0 aliphatic rings. The SMILES string of the molecule is CCCCCCCCCCCCCCCC[S+](CCCC)CCCCC(=O)OCC.